The molecule has 102 valence electrons. The van der Waals surface area contributed by atoms with Gasteiger partial charge < -0.3 is 5.32 Å². The minimum atomic E-state index is -0.110. The average molecular weight is 277 g/mol. The molecule has 0 aliphatic carbocycles. The number of nitrogens with zero attached hydrogens (tertiary/aromatic N) is 4. The molecule has 2 aromatic heterocycles. The van der Waals surface area contributed by atoms with Crippen LogP contribution in [0.3, 0.4) is 0 Å². The van der Waals surface area contributed by atoms with E-state index < -0.39 is 0 Å². The highest BCUT2D eigenvalue weighted by molar-refractivity contribution is 7.98. The number of rotatable bonds is 4. The molecule has 6 heteroatoms. The SMILES string of the molecule is C=CCNc1nc(SC)nc2c1cnn2C(C)(C)C. The second-order valence-electron chi connectivity index (χ2n) is 5.19. The molecule has 0 spiro atoms. The van der Waals surface area contributed by atoms with Crippen LogP contribution in [0, 0.1) is 0 Å². The summed E-state index contributed by atoms with van der Waals surface area (Å²) in [7, 11) is 0. The van der Waals surface area contributed by atoms with Crippen LogP contribution in [0.2, 0.25) is 0 Å². The number of anilines is 1. The normalized spacial score (nSPS) is 11.8. The van der Waals surface area contributed by atoms with Crippen molar-refractivity contribution >= 4 is 28.6 Å². The lowest BCUT2D eigenvalue weighted by atomic mass is 10.1. The summed E-state index contributed by atoms with van der Waals surface area (Å²) in [6.07, 6.45) is 5.59. The highest BCUT2D eigenvalue weighted by Gasteiger charge is 2.20. The topological polar surface area (TPSA) is 55.6 Å². The number of fused-ring (bicyclic) bond motifs is 1. The minimum absolute atomic E-state index is 0.110. The van der Waals surface area contributed by atoms with Gasteiger partial charge in [-0.15, -0.1) is 6.58 Å². The number of nitrogens with one attached hydrogen (secondary N) is 1. The second-order valence-corrected chi connectivity index (χ2v) is 5.97. The molecule has 0 amide bonds. The molecule has 0 unspecified atom stereocenters. The fraction of sp³-hybridized carbons (Fsp3) is 0.462. The van der Waals surface area contributed by atoms with Gasteiger partial charge in [0, 0.05) is 6.54 Å². The molecule has 0 radical (unpaired) electrons. The summed E-state index contributed by atoms with van der Waals surface area (Å²) in [6.45, 7) is 10.7. The van der Waals surface area contributed by atoms with Crippen molar-refractivity contribution in [2.75, 3.05) is 18.1 Å². The Morgan fingerprint density at radius 3 is 2.74 bits per heavy atom. The van der Waals surface area contributed by atoms with Gasteiger partial charge in [-0.1, -0.05) is 17.8 Å². The van der Waals surface area contributed by atoms with Crippen molar-refractivity contribution in [3.8, 4) is 0 Å². The van der Waals surface area contributed by atoms with E-state index in [-0.39, 0.29) is 5.54 Å². The van der Waals surface area contributed by atoms with Crippen molar-refractivity contribution < 1.29 is 0 Å². The maximum atomic E-state index is 4.58. The van der Waals surface area contributed by atoms with Gasteiger partial charge in [-0.3, -0.25) is 0 Å². The van der Waals surface area contributed by atoms with Gasteiger partial charge in [0.2, 0.25) is 0 Å². The lowest BCUT2D eigenvalue weighted by Crippen LogP contribution is -2.23. The van der Waals surface area contributed by atoms with Crippen molar-refractivity contribution in [2.45, 2.75) is 31.5 Å². The third kappa shape index (κ3) is 2.73. The zero-order valence-corrected chi connectivity index (χ0v) is 12.6. The first kappa shape index (κ1) is 13.9. The van der Waals surface area contributed by atoms with Crippen molar-refractivity contribution in [1.29, 1.82) is 0 Å². The Bertz CT molecular complexity index is 597. The van der Waals surface area contributed by atoms with Gasteiger partial charge in [-0.05, 0) is 27.0 Å². The van der Waals surface area contributed by atoms with Gasteiger partial charge in [-0.25, -0.2) is 14.6 Å². The lowest BCUT2D eigenvalue weighted by Gasteiger charge is -2.20. The third-order valence-corrected chi connectivity index (χ3v) is 3.19. The molecule has 0 saturated carbocycles. The van der Waals surface area contributed by atoms with Crippen LogP contribution in [0.5, 0.6) is 0 Å². The molecule has 19 heavy (non-hydrogen) atoms. The summed E-state index contributed by atoms with van der Waals surface area (Å²) in [5.41, 5.74) is 0.750. The number of aromatic nitrogens is 4. The highest BCUT2D eigenvalue weighted by Crippen LogP contribution is 2.26. The van der Waals surface area contributed by atoms with Crippen LogP contribution in [0.4, 0.5) is 5.82 Å². The zero-order chi connectivity index (χ0) is 14.0. The number of thioether (sulfide) groups is 1. The Labute approximate surface area is 117 Å². The summed E-state index contributed by atoms with van der Waals surface area (Å²) < 4.78 is 1.93. The summed E-state index contributed by atoms with van der Waals surface area (Å²) in [4.78, 5) is 9.07. The molecule has 0 saturated heterocycles. The Kier molecular flexibility index (Phi) is 3.80. The van der Waals surface area contributed by atoms with E-state index in [4.69, 9.17) is 0 Å². The Hall–Kier alpha value is -1.56. The molecule has 5 nitrogen and oxygen atoms in total. The van der Waals surface area contributed by atoms with Gasteiger partial charge >= 0.3 is 0 Å². The van der Waals surface area contributed by atoms with E-state index in [1.165, 1.54) is 11.8 Å². The van der Waals surface area contributed by atoms with E-state index in [2.05, 4.69) is 47.7 Å². The summed E-state index contributed by atoms with van der Waals surface area (Å²) >= 11 is 1.52. The molecule has 0 aliphatic heterocycles. The van der Waals surface area contributed by atoms with Gasteiger partial charge in [-0.2, -0.15) is 5.10 Å². The second kappa shape index (κ2) is 5.21. The molecule has 0 fully saturated rings. The Morgan fingerprint density at radius 2 is 2.16 bits per heavy atom. The molecule has 1 N–H and O–H groups in total. The van der Waals surface area contributed by atoms with E-state index in [1.54, 1.807) is 6.08 Å². The maximum Gasteiger partial charge on any atom is 0.191 e. The van der Waals surface area contributed by atoms with Gasteiger partial charge in [0.05, 0.1) is 17.1 Å². The molecule has 0 aromatic carbocycles. The lowest BCUT2D eigenvalue weighted by molar-refractivity contribution is 0.365. The maximum absolute atomic E-state index is 4.58. The van der Waals surface area contributed by atoms with Crippen molar-refractivity contribution in [3.05, 3.63) is 18.9 Å². The van der Waals surface area contributed by atoms with Crippen LogP contribution < -0.4 is 5.32 Å². The van der Waals surface area contributed by atoms with Crippen molar-refractivity contribution in [2.24, 2.45) is 0 Å². The number of hydrogen-bond donors (Lipinski definition) is 1. The molecule has 0 atom stereocenters. The summed E-state index contributed by atoms with van der Waals surface area (Å²) in [6, 6.07) is 0. The predicted molar refractivity (Wildman–Crippen MR) is 80.8 cm³/mol. The predicted octanol–water partition coefficient (Wildman–Crippen LogP) is 2.90. The van der Waals surface area contributed by atoms with Gasteiger partial charge in [0.25, 0.3) is 0 Å². The van der Waals surface area contributed by atoms with E-state index in [0.717, 1.165) is 22.0 Å². The van der Waals surface area contributed by atoms with Crippen LogP contribution in [0.1, 0.15) is 20.8 Å². The highest BCUT2D eigenvalue weighted by atomic mass is 32.2. The Morgan fingerprint density at radius 1 is 1.42 bits per heavy atom. The van der Waals surface area contributed by atoms with Crippen molar-refractivity contribution in [1.82, 2.24) is 19.7 Å². The molecule has 2 aromatic rings. The standard InChI is InChI=1S/C13H19N5S/c1-6-7-14-10-9-8-15-18(13(2,3)4)11(9)17-12(16-10)19-5/h6,8H,1,7H2,2-5H3,(H,14,16,17). The largest absolute Gasteiger partial charge is 0.366 e. The average Bonchev–Trinajstić information content (AvgIpc) is 2.79. The smallest absolute Gasteiger partial charge is 0.191 e. The first-order chi connectivity index (χ1) is 8.97. The molecular formula is C13H19N5S. The fourth-order valence-corrected chi connectivity index (χ4v) is 2.13. The summed E-state index contributed by atoms with van der Waals surface area (Å²) in [5.74, 6) is 0.810. The van der Waals surface area contributed by atoms with Crippen LogP contribution in [0.15, 0.2) is 24.0 Å². The van der Waals surface area contributed by atoms with E-state index in [9.17, 15) is 0 Å². The van der Waals surface area contributed by atoms with Gasteiger partial charge in [0.15, 0.2) is 10.8 Å². The molecule has 2 rings (SSSR count). The first-order valence-electron chi connectivity index (χ1n) is 6.12. The van der Waals surface area contributed by atoms with Crippen LogP contribution in [-0.2, 0) is 5.54 Å². The van der Waals surface area contributed by atoms with Crippen molar-refractivity contribution in [3.63, 3.8) is 0 Å². The minimum Gasteiger partial charge on any atom is -0.366 e. The monoisotopic (exact) mass is 277 g/mol. The third-order valence-electron chi connectivity index (χ3n) is 2.64. The van der Waals surface area contributed by atoms with Crippen LogP contribution in [-0.4, -0.2) is 32.5 Å². The molecule has 0 bridgehead atoms. The van der Waals surface area contributed by atoms with E-state index >= 15 is 0 Å². The summed E-state index contributed by atoms with van der Waals surface area (Å²) in [5, 5.41) is 9.37. The zero-order valence-electron chi connectivity index (χ0n) is 11.8. The Balaban J connectivity index is 2.62. The van der Waals surface area contributed by atoms with Gasteiger partial charge in [0.1, 0.15) is 5.82 Å². The van der Waals surface area contributed by atoms with Crippen LogP contribution >= 0.6 is 11.8 Å². The molecule has 0 aliphatic rings. The van der Waals surface area contributed by atoms with Crippen LogP contribution in [0.25, 0.3) is 11.0 Å². The fourth-order valence-electron chi connectivity index (χ4n) is 1.77. The molecule has 2 heterocycles. The van der Waals surface area contributed by atoms with E-state index in [0.29, 0.717) is 6.54 Å². The number of hydrogen-bond acceptors (Lipinski definition) is 5. The first-order valence-corrected chi connectivity index (χ1v) is 7.35. The van der Waals surface area contributed by atoms with E-state index in [1.807, 2.05) is 17.1 Å². The molecular weight excluding hydrogens is 258 g/mol. The quantitative estimate of drug-likeness (QED) is 0.529.